The molecule has 1 aromatic carbocycles. The summed E-state index contributed by atoms with van der Waals surface area (Å²) >= 11 is 0. The highest BCUT2D eigenvalue weighted by Gasteiger charge is 2.37. The molecule has 2 unspecified atom stereocenters. The Morgan fingerprint density at radius 3 is 2.93 bits per heavy atom. The van der Waals surface area contributed by atoms with E-state index in [4.69, 9.17) is 5.11 Å². The summed E-state index contributed by atoms with van der Waals surface area (Å²) in [7, 11) is 0. The Balaban J connectivity index is 2.47. The first-order valence-electron chi connectivity index (χ1n) is 4.93. The van der Waals surface area contributed by atoms with Crippen molar-refractivity contribution >= 4 is 11.7 Å². The molecule has 0 saturated heterocycles. The van der Waals surface area contributed by atoms with Gasteiger partial charge in [0, 0.05) is 17.2 Å². The van der Waals surface area contributed by atoms with Crippen LogP contribution in [0.25, 0.3) is 0 Å². The van der Waals surface area contributed by atoms with Gasteiger partial charge < -0.3 is 10.4 Å². The molecule has 15 heavy (non-hydrogen) atoms. The quantitative estimate of drug-likeness (QED) is 0.785. The number of carboxylic acid groups (broad SMARTS) is 1. The van der Waals surface area contributed by atoms with Crippen LogP contribution in [0.15, 0.2) is 18.2 Å². The summed E-state index contributed by atoms with van der Waals surface area (Å²) in [5, 5.41) is 11.8. The van der Waals surface area contributed by atoms with Crippen molar-refractivity contribution in [2.75, 3.05) is 5.32 Å². The summed E-state index contributed by atoms with van der Waals surface area (Å²) in [6, 6.07) is 3.96. The normalized spacial score (nSPS) is 23.3. The Labute approximate surface area is 86.9 Å². The molecule has 0 aliphatic carbocycles. The Morgan fingerprint density at radius 2 is 2.33 bits per heavy atom. The molecule has 0 aromatic heterocycles. The van der Waals surface area contributed by atoms with Crippen molar-refractivity contribution < 1.29 is 14.3 Å². The van der Waals surface area contributed by atoms with E-state index in [1.54, 1.807) is 12.1 Å². The summed E-state index contributed by atoms with van der Waals surface area (Å²) in [6.45, 7) is 1.86. The maximum atomic E-state index is 13.5. The molecule has 2 rings (SSSR count). The van der Waals surface area contributed by atoms with Gasteiger partial charge in [0.15, 0.2) is 0 Å². The average Bonchev–Trinajstić information content (AvgIpc) is 2.57. The van der Waals surface area contributed by atoms with Crippen molar-refractivity contribution in [1.82, 2.24) is 0 Å². The van der Waals surface area contributed by atoms with Gasteiger partial charge in [-0.05, 0) is 18.6 Å². The van der Waals surface area contributed by atoms with Crippen molar-refractivity contribution in [2.45, 2.75) is 25.3 Å². The highest BCUT2D eigenvalue weighted by atomic mass is 19.1. The van der Waals surface area contributed by atoms with Crippen molar-refractivity contribution in [1.29, 1.82) is 0 Å². The Kier molecular flexibility index (Phi) is 2.34. The van der Waals surface area contributed by atoms with Crippen LogP contribution in [0.2, 0.25) is 0 Å². The van der Waals surface area contributed by atoms with E-state index >= 15 is 0 Å². The standard InChI is InChI=1S/C11H12FNO2/c1-2-6-9-7(12)4-3-5-8(9)13-10(6)11(14)15/h3-6,10,13H,2H2,1H3,(H,14,15). The molecule has 0 bridgehead atoms. The van der Waals surface area contributed by atoms with E-state index in [1.807, 2.05) is 6.92 Å². The maximum absolute atomic E-state index is 13.5. The van der Waals surface area contributed by atoms with E-state index in [1.165, 1.54) is 6.07 Å². The fraction of sp³-hybridized carbons (Fsp3) is 0.364. The Bertz CT molecular complexity index is 406. The van der Waals surface area contributed by atoms with Gasteiger partial charge in [-0.25, -0.2) is 9.18 Å². The van der Waals surface area contributed by atoms with Gasteiger partial charge in [0.2, 0.25) is 0 Å². The van der Waals surface area contributed by atoms with E-state index < -0.39 is 12.0 Å². The highest BCUT2D eigenvalue weighted by molar-refractivity contribution is 5.82. The lowest BCUT2D eigenvalue weighted by atomic mass is 9.92. The molecule has 0 amide bonds. The fourth-order valence-corrected chi connectivity index (χ4v) is 2.15. The first kappa shape index (κ1) is 9.96. The third-order valence-electron chi connectivity index (χ3n) is 2.84. The van der Waals surface area contributed by atoms with Gasteiger partial charge in [0.25, 0.3) is 0 Å². The van der Waals surface area contributed by atoms with E-state index in [2.05, 4.69) is 5.32 Å². The van der Waals surface area contributed by atoms with Crippen LogP contribution in [0.5, 0.6) is 0 Å². The van der Waals surface area contributed by atoms with Crippen LogP contribution in [0.4, 0.5) is 10.1 Å². The first-order valence-corrected chi connectivity index (χ1v) is 4.93. The van der Waals surface area contributed by atoms with Crippen molar-refractivity contribution in [2.24, 2.45) is 0 Å². The van der Waals surface area contributed by atoms with Crippen LogP contribution in [0.3, 0.4) is 0 Å². The molecular weight excluding hydrogens is 197 g/mol. The molecule has 0 fully saturated rings. The average molecular weight is 209 g/mol. The number of halogens is 1. The number of benzene rings is 1. The minimum absolute atomic E-state index is 0.279. The largest absolute Gasteiger partial charge is 0.480 e. The minimum atomic E-state index is -0.933. The molecule has 1 aliphatic heterocycles. The predicted octanol–water partition coefficient (Wildman–Crippen LogP) is 2.20. The summed E-state index contributed by atoms with van der Waals surface area (Å²) in [5.74, 6) is -1.54. The number of anilines is 1. The van der Waals surface area contributed by atoms with Crippen molar-refractivity contribution in [3.05, 3.63) is 29.6 Å². The van der Waals surface area contributed by atoms with Crippen LogP contribution in [-0.2, 0) is 4.79 Å². The smallest absolute Gasteiger partial charge is 0.326 e. The zero-order chi connectivity index (χ0) is 11.0. The second-order valence-electron chi connectivity index (χ2n) is 3.68. The van der Waals surface area contributed by atoms with Gasteiger partial charge in [-0.15, -0.1) is 0 Å². The Morgan fingerprint density at radius 1 is 1.60 bits per heavy atom. The summed E-state index contributed by atoms with van der Waals surface area (Å²) in [6.07, 6.45) is 0.609. The van der Waals surface area contributed by atoms with E-state index in [-0.39, 0.29) is 11.7 Å². The number of nitrogens with one attached hydrogen (secondary N) is 1. The number of hydrogen-bond donors (Lipinski definition) is 2. The van der Waals surface area contributed by atoms with Crippen LogP contribution in [-0.4, -0.2) is 17.1 Å². The molecule has 3 nitrogen and oxygen atoms in total. The number of carbonyl (C=O) groups is 1. The van der Waals surface area contributed by atoms with Gasteiger partial charge >= 0.3 is 5.97 Å². The summed E-state index contributed by atoms with van der Waals surface area (Å²) < 4.78 is 13.5. The number of carboxylic acids is 1. The lowest BCUT2D eigenvalue weighted by molar-refractivity contribution is -0.138. The van der Waals surface area contributed by atoms with E-state index in [0.29, 0.717) is 17.7 Å². The van der Waals surface area contributed by atoms with Crippen LogP contribution < -0.4 is 5.32 Å². The number of fused-ring (bicyclic) bond motifs is 1. The third kappa shape index (κ3) is 1.46. The molecule has 2 atom stereocenters. The molecule has 4 heteroatoms. The van der Waals surface area contributed by atoms with Gasteiger partial charge in [-0.3, -0.25) is 0 Å². The van der Waals surface area contributed by atoms with Gasteiger partial charge in [-0.2, -0.15) is 0 Å². The molecule has 1 aliphatic rings. The van der Waals surface area contributed by atoms with Gasteiger partial charge in [0.05, 0.1) is 0 Å². The lowest BCUT2D eigenvalue weighted by Gasteiger charge is -2.13. The SMILES string of the molecule is CCC1c2c(F)cccc2NC1C(=O)O. The lowest BCUT2D eigenvalue weighted by Crippen LogP contribution is -2.30. The second-order valence-corrected chi connectivity index (χ2v) is 3.68. The predicted molar refractivity (Wildman–Crippen MR) is 54.5 cm³/mol. The fourth-order valence-electron chi connectivity index (χ4n) is 2.15. The molecule has 0 saturated carbocycles. The molecule has 0 spiro atoms. The summed E-state index contributed by atoms with van der Waals surface area (Å²) in [4.78, 5) is 11.0. The molecule has 80 valence electrons. The second kappa shape index (κ2) is 3.53. The molecule has 2 N–H and O–H groups in total. The zero-order valence-corrected chi connectivity index (χ0v) is 8.33. The van der Waals surface area contributed by atoms with Crippen LogP contribution in [0, 0.1) is 5.82 Å². The Hall–Kier alpha value is -1.58. The molecule has 0 radical (unpaired) electrons. The number of rotatable bonds is 2. The number of aliphatic carboxylic acids is 1. The number of hydrogen-bond acceptors (Lipinski definition) is 2. The topological polar surface area (TPSA) is 49.3 Å². The van der Waals surface area contributed by atoms with Crippen LogP contribution >= 0.6 is 0 Å². The van der Waals surface area contributed by atoms with Crippen molar-refractivity contribution in [3.63, 3.8) is 0 Å². The van der Waals surface area contributed by atoms with Gasteiger partial charge in [-0.1, -0.05) is 13.0 Å². The third-order valence-corrected chi connectivity index (χ3v) is 2.84. The molecular formula is C11H12FNO2. The van der Waals surface area contributed by atoms with Crippen molar-refractivity contribution in [3.8, 4) is 0 Å². The van der Waals surface area contributed by atoms with Gasteiger partial charge in [0.1, 0.15) is 11.9 Å². The highest BCUT2D eigenvalue weighted by Crippen LogP contribution is 2.39. The molecule has 1 heterocycles. The molecule has 1 aromatic rings. The van der Waals surface area contributed by atoms with Crippen LogP contribution in [0.1, 0.15) is 24.8 Å². The minimum Gasteiger partial charge on any atom is -0.480 e. The monoisotopic (exact) mass is 209 g/mol. The zero-order valence-electron chi connectivity index (χ0n) is 8.33. The summed E-state index contributed by atoms with van der Waals surface area (Å²) in [5.41, 5.74) is 1.11. The van der Waals surface area contributed by atoms with E-state index in [9.17, 15) is 9.18 Å². The van der Waals surface area contributed by atoms with E-state index in [0.717, 1.165) is 0 Å². The maximum Gasteiger partial charge on any atom is 0.326 e. The first-order chi connectivity index (χ1) is 7.15.